The smallest absolute Gasteiger partial charge is 0.0947 e. The van der Waals surface area contributed by atoms with Gasteiger partial charge in [0.15, 0.2) is 0 Å². The van der Waals surface area contributed by atoms with Gasteiger partial charge in [-0.2, -0.15) is 12.6 Å². The van der Waals surface area contributed by atoms with Gasteiger partial charge < -0.3 is 9.32 Å². The number of thiol groups is 1. The molecule has 0 N–H and O–H groups in total. The van der Waals surface area contributed by atoms with E-state index in [0.717, 1.165) is 18.8 Å². The Bertz CT molecular complexity index is 223. The van der Waals surface area contributed by atoms with Crippen LogP contribution in [0.25, 0.3) is 0 Å². The van der Waals surface area contributed by atoms with E-state index in [9.17, 15) is 0 Å². The first-order chi connectivity index (χ1) is 6.22. The molecule has 2 nitrogen and oxygen atoms in total. The van der Waals surface area contributed by atoms with E-state index in [-0.39, 0.29) is 0 Å². The number of hydrogen-bond acceptors (Lipinski definition) is 3. The summed E-state index contributed by atoms with van der Waals surface area (Å²) in [5.74, 6) is 1.58. The van der Waals surface area contributed by atoms with Gasteiger partial charge in [-0.05, 0) is 24.8 Å². The van der Waals surface area contributed by atoms with Crippen LogP contribution in [0.15, 0.2) is 23.0 Å². The van der Waals surface area contributed by atoms with Crippen LogP contribution in [-0.2, 0) is 6.54 Å². The zero-order valence-electron chi connectivity index (χ0n) is 8.23. The number of nitrogens with zero attached hydrogens (tertiary/aromatic N) is 1. The van der Waals surface area contributed by atoms with Gasteiger partial charge in [-0.15, -0.1) is 0 Å². The number of furan rings is 1. The van der Waals surface area contributed by atoms with E-state index in [4.69, 9.17) is 4.42 Å². The highest BCUT2D eigenvalue weighted by Crippen LogP contribution is 2.06. The Morgan fingerprint density at radius 1 is 1.62 bits per heavy atom. The third-order valence-corrected chi connectivity index (χ3v) is 2.59. The zero-order valence-corrected chi connectivity index (χ0v) is 9.13. The van der Waals surface area contributed by atoms with Gasteiger partial charge in [-0.25, -0.2) is 0 Å². The molecule has 0 radical (unpaired) electrons. The first-order valence-corrected chi connectivity index (χ1v) is 5.16. The highest BCUT2D eigenvalue weighted by molar-refractivity contribution is 7.80. The van der Waals surface area contributed by atoms with Crippen molar-refractivity contribution >= 4 is 12.6 Å². The van der Waals surface area contributed by atoms with E-state index in [1.165, 1.54) is 5.56 Å². The van der Waals surface area contributed by atoms with Gasteiger partial charge in [0.25, 0.3) is 0 Å². The van der Waals surface area contributed by atoms with Crippen LogP contribution in [0.5, 0.6) is 0 Å². The maximum absolute atomic E-state index is 5.00. The Hall–Kier alpha value is -0.410. The second-order valence-electron chi connectivity index (χ2n) is 3.62. The molecular formula is C10H17NOS. The molecule has 0 aliphatic heterocycles. The minimum atomic E-state index is 0.639. The van der Waals surface area contributed by atoms with E-state index in [1.54, 1.807) is 12.5 Å². The van der Waals surface area contributed by atoms with Crippen molar-refractivity contribution in [2.75, 3.05) is 19.3 Å². The normalized spacial score (nSPS) is 13.5. The summed E-state index contributed by atoms with van der Waals surface area (Å²) in [4.78, 5) is 2.28. The third-order valence-electron chi connectivity index (χ3n) is 1.97. The molecule has 13 heavy (non-hydrogen) atoms. The van der Waals surface area contributed by atoms with E-state index >= 15 is 0 Å². The Kier molecular flexibility index (Phi) is 4.39. The summed E-state index contributed by atoms with van der Waals surface area (Å²) in [7, 11) is 2.12. The fourth-order valence-electron chi connectivity index (χ4n) is 1.35. The Labute approximate surface area is 85.3 Å². The molecular weight excluding hydrogens is 182 g/mol. The lowest BCUT2D eigenvalue weighted by Crippen LogP contribution is -2.24. The van der Waals surface area contributed by atoms with E-state index in [0.29, 0.717) is 5.92 Å². The van der Waals surface area contributed by atoms with E-state index in [2.05, 4.69) is 31.5 Å². The summed E-state index contributed by atoms with van der Waals surface area (Å²) in [6.07, 6.45) is 3.51. The lowest BCUT2D eigenvalue weighted by Gasteiger charge is -2.19. The summed E-state index contributed by atoms with van der Waals surface area (Å²) in [5, 5.41) is 0. The molecule has 1 aromatic heterocycles. The average molecular weight is 199 g/mol. The molecule has 0 saturated heterocycles. The van der Waals surface area contributed by atoms with Gasteiger partial charge in [0, 0.05) is 18.7 Å². The van der Waals surface area contributed by atoms with Crippen LogP contribution in [0.4, 0.5) is 0 Å². The van der Waals surface area contributed by atoms with Crippen molar-refractivity contribution in [1.82, 2.24) is 4.90 Å². The van der Waals surface area contributed by atoms with Crippen LogP contribution in [-0.4, -0.2) is 24.2 Å². The monoisotopic (exact) mass is 199 g/mol. The molecule has 3 heteroatoms. The second-order valence-corrected chi connectivity index (χ2v) is 3.98. The maximum atomic E-state index is 5.00. The third kappa shape index (κ3) is 3.87. The first kappa shape index (κ1) is 10.7. The summed E-state index contributed by atoms with van der Waals surface area (Å²) in [5.41, 5.74) is 1.23. The summed E-state index contributed by atoms with van der Waals surface area (Å²) >= 11 is 4.26. The topological polar surface area (TPSA) is 16.4 Å². The molecule has 0 bridgehead atoms. The van der Waals surface area contributed by atoms with Crippen molar-refractivity contribution in [3.63, 3.8) is 0 Å². The fourth-order valence-corrected chi connectivity index (χ4v) is 1.46. The maximum Gasteiger partial charge on any atom is 0.0947 e. The molecule has 1 atom stereocenters. The largest absolute Gasteiger partial charge is 0.472 e. The van der Waals surface area contributed by atoms with Crippen LogP contribution in [0, 0.1) is 5.92 Å². The van der Waals surface area contributed by atoms with Crippen molar-refractivity contribution in [2.45, 2.75) is 13.5 Å². The molecule has 0 spiro atoms. The standard InChI is InChI=1S/C10H17NOS/c1-9(8-13)5-11(2)6-10-3-4-12-7-10/h3-4,7,9,13H,5-6,8H2,1-2H3. The lowest BCUT2D eigenvalue weighted by atomic mass is 10.2. The molecule has 0 fully saturated rings. The van der Waals surface area contributed by atoms with Crippen molar-refractivity contribution in [1.29, 1.82) is 0 Å². The van der Waals surface area contributed by atoms with Gasteiger partial charge >= 0.3 is 0 Å². The molecule has 1 rings (SSSR count). The van der Waals surface area contributed by atoms with Crippen LogP contribution in [0.1, 0.15) is 12.5 Å². The van der Waals surface area contributed by atoms with Crippen molar-refractivity contribution in [3.05, 3.63) is 24.2 Å². The number of hydrogen-bond donors (Lipinski definition) is 1. The van der Waals surface area contributed by atoms with Gasteiger partial charge in [-0.1, -0.05) is 6.92 Å². The van der Waals surface area contributed by atoms with Crippen LogP contribution in [0.2, 0.25) is 0 Å². The van der Waals surface area contributed by atoms with Crippen molar-refractivity contribution in [3.8, 4) is 0 Å². The molecule has 0 aliphatic carbocycles. The zero-order chi connectivity index (χ0) is 9.68. The lowest BCUT2D eigenvalue weighted by molar-refractivity contribution is 0.290. The number of rotatable bonds is 5. The van der Waals surface area contributed by atoms with Crippen molar-refractivity contribution in [2.24, 2.45) is 5.92 Å². The van der Waals surface area contributed by atoms with Crippen molar-refractivity contribution < 1.29 is 4.42 Å². The Balaban J connectivity index is 2.29. The van der Waals surface area contributed by atoms with Crippen LogP contribution >= 0.6 is 12.6 Å². The molecule has 0 aromatic carbocycles. The second kappa shape index (κ2) is 5.35. The van der Waals surface area contributed by atoms with Gasteiger partial charge in [0.05, 0.1) is 12.5 Å². The minimum absolute atomic E-state index is 0.639. The summed E-state index contributed by atoms with van der Waals surface area (Å²) < 4.78 is 5.00. The summed E-state index contributed by atoms with van der Waals surface area (Å²) in [6, 6.07) is 2.00. The van der Waals surface area contributed by atoms with Crippen LogP contribution in [0.3, 0.4) is 0 Å². The molecule has 74 valence electrons. The predicted molar refractivity (Wildman–Crippen MR) is 58.1 cm³/mol. The Morgan fingerprint density at radius 3 is 2.92 bits per heavy atom. The summed E-state index contributed by atoms with van der Waals surface area (Å²) in [6.45, 7) is 4.24. The molecule has 0 saturated carbocycles. The van der Waals surface area contributed by atoms with Crippen LogP contribution < -0.4 is 0 Å². The van der Waals surface area contributed by atoms with E-state index < -0.39 is 0 Å². The Morgan fingerprint density at radius 2 is 2.38 bits per heavy atom. The molecule has 1 heterocycles. The average Bonchev–Trinajstić information content (AvgIpc) is 2.56. The molecule has 1 aromatic rings. The first-order valence-electron chi connectivity index (χ1n) is 4.53. The fraction of sp³-hybridized carbons (Fsp3) is 0.600. The highest BCUT2D eigenvalue weighted by atomic mass is 32.1. The molecule has 1 unspecified atom stereocenters. The predicted octanol–water partition coefficient (Wildman–Crippen LogP) is 2.28. The molecule has 0 aliphatic rings. The SMILES string of the molecule is CC(CS)CN(C)Cc1ccoc1. The molecule has 0 amide bonds. The van der Waals surface area contributed by atoms with Gasteiger partial charge in [-0.3, -0.25) is 0 Å². The van der Waals surface area contributed by atoms with Gasteiger partial charge in [0.1, 0.15) is 0 Å². The quantitative estimate of drug-likeness (QED) is 0.732. The van der Waals surface area contributed by atoms with E-state index in [1.807, 2.05) is 6.07 Å². The minimum Gasteiger partial charge on any atom is -0.472 e. The van der Waals surface area contributed by atoms with Gasteiger partial charge in [0.2, 0.25) is 0 Å². The highest BCUT2D eigenvalue weighted by Gasteiger charge is 2.05.